The van der Waals surface area contributed by atoms with E-state index in [0.717, 1.165) is 0 Å². The lowest BCUT2D eigenvalue weighted by Gasteiger charge is -2.32. The third-order valence-corrected chi connectivity index (χ3v) is 2.57. The summed E-state index contributed by atoms with van der Waals surface area (Å²) in [7, 11) is 0. The Balaban J connectivity index is 0.00000289. The molecule has 18 heavy (non-hydrogen) atoms. The van der Waals surface area contributed by atoms with Crippen LogP contribution in [0.1, 0.15) is 6.42 Å². The number of halogens is 2. The van der Waals surface area contributed by atoms with Gasteiger partial charge in [-0.1, -0.05) is 6.08 Å². The molecule has 104 valence electrons. The van der Waals surface area contributed by atoms with Crippen LogP contribution in [0.3, 0.4) is 0 Å². The van der Waals surface area contributed by atoms with Crippen molar-refractivity contribution < 1.29 is 14.0 Å². The zero-order valence-corrected chi connectivity index (χ0v) is 11.0. The Morgan fingerprint density at radius 1 is 1.67 bits per heavy atom. The number of carbonyl (C=O) groups is 2. The predicted octanol–water partition coefficient (Wildman–Crippen LogP) is -0.130. The van der Waals surface area contributed by atoms with E-state index in [2.05, 4.69) is 17.2 Å². The molecule has 0 aromatic carbocycles. The first-order valence-corrected chi connectivity index (χ1v) is 5.64. The molecule has 0 aromatic rings. The molecule has 1 heterocycles. The van der Waals surface area contributed by atoms with Crippen molar-refractivity contribution in [2.45, 2.75) is 12.5 Å². The van der Waals surface area contributed by atoms with E-state index >= 15 is 0 Å². The van der Waals surface area contributed by atoms with Gasteiger partial charge in [-0.15, -0.1) is 19.0 Å². The van der Waals surface area contributed by atoms with Gasteiger partial charge < -0.3 is 15.5 Å². The van der Waals surface area contributed by atoms with Crippen molar-refractivity contribution in [2.24, 2.45) is 0 Å². The number of alkyl halides is 1. The lowest BCUT2D eigenvalue weighted by Crippen LogP contribution is -2.56. The van der Waals surface area contributed by atoms with Gasteiger partial charge in [0.15, 0.2) is 0 Å². The molecule has 2 amide bonds. The highest BCUT2D eigenvalue weighted by Gasteiger charge is 2.29. The number of amides is 2. The van der Waals surface area contributed by atoms with Crippen LogP contribution >= 0.6 is 12.4 Å². The Morgan fingerprint density at radius 2 is 2.39 bits per heavy atom. The molecule has 5 nitrogen and oxygen atoms in total. The predicted molar refractivity (Wildman–Crippen MR) is 69.4 cm³/mol. The van der Waals surface area contributed by atoms with E-state index in [9.17, 15) is 14.0 Å². The van der Waals surface area contributed by atoms with Crippen LogP contribution in [0.2, 0.25) is 0 Å². The molecule has 0 spiro atoms. The maximum absolute atomic E-state index is 12.2. The molecule has 0 saturated carbocycles. The van der Waals surface area contributed by atoms with E-state index in [1.165, 1.54) is 4.90 Å². The molecule has 1 rings (SSSR count). The molecule has 7 heteroatoms. The van der Waals surface area contributed by atoms with Crippen molar-refractivity contribution in [3.8, 4) is 0 Å². The normalized spacial score (nSPS) is 19.1. The first-order valence-electron chi connectivity index (χ1n) is 5.64. The molecular weight excluding hydrogens is 261 g/mol. The second-order valence-corrected chi connectivity index (χ2v) is 3.82. The minimum absolute atomic E-state index is 0. The third kappa shape index (κ3) is 5.01. The summed E-state index contributed by atoms with van der Waals surface area (Å²) in [6.07, 6.45) is 1.65. The molecule has 0 aromatic heterocycles. The zero-order chi connectivity index (χ0) is 12.7. The van der Waals surface area contributed by atoms with Gasteiger partial charge in [0.1, 0.15) is 6.67 Å². The SMILES string of the molecule is C=CCNC(=O)CC1NCCN(CCF)C1=O.Cl. The average molecular weight is 280 g/mol. The number of nitrogens with one attached hydrogen (secondary N) is 2. The van der Waals surface area contributed by atoms with Crippen LogP contribution in [0.4, 0.5) is 4.39 Å². The van der Waals surface area contributed by atoms with Gasteiger partial charge in [0, 0.05) is 26.2 Å². The maximum atomic E-state index is 12.2. The van der Waals surface area contributed by atoms with Gasteiger partial charge in [0.2, 0.25) is 11.8 Å². The third-order valence-electron chi connectivity index (χ3n) is 2.57. The Hall–Kier alpha value is -1.14. The van der Waals surface area contributed by atoms with Crippen molar-refractivity contribution in [2.75, 3.05) is 32.9 Å². The Labute approximate surface area is 112 Å². The van der Waals surface area contributed by atoms with Gasteiger partial charge in [0.25, 0.3) is 0 Å². The van der Waals surface area contributed by atoms with Crippen LogP contribution in [0.5, 0.6) is 0 Å². The monoisotopic (exact) mass is 279 g/mol. The molecule has 0 bridgehead atoms. The van der Waals surface area contributed by atoms with Crippen molar-refractivity contribution in [3.05, 3.63) is 12.7 Å². The second-order valence-electron chi connectivity index (χ2n) is 3.82. The van der Waals surface area contributed by atoms with E-state index in [0.29, 0.717) is 19.6 Å². The van der Waals surface area contributed by atoms with Gasteiger partial charge >= 0.3 is 0 Å². The molecule has 1 aliphatic heterocycles. The van der Waals surface area contributed by atoms with Crippen LogP contribution in [0.25, 0.3) is 0 Å². The van der Waals surface area contributed by atoms with Gasteiger partial charge in [-0.05, 0) is 0 Å². The fourth-order valence-electron chi connectivity index (χ4n) is 1.72. The first-order chi connectivity index (χ1) is 8.19. The zero-order valence-electron chi connectivity index (χ0n) is 10.2. The highest BCUT2D eigenvalue weighted by Crippen LogP contribution is 2.05. The van der Waals surface area contributed by atoms with E-state index in [4.69, 9.17) is 0 Å². The van der Waals surface area contributed by atoms with Gasteiger partial charge in [-0.3, -0.25) is 9.59 Å². The number of rotatable bonds is 6. The molecule has 1 unspecified atom stereocenters. The van der Waals surface area contributed by atoms with Crippen molar-refractivity contribution in [1.29, 1.82) is 0 Å². The highest BCUT2D eigenvalue weighted by molar-refractivity contribution is 5.88. The molecular formula is C11H19ClFN3O2. The quantitative estimate of drug-likeness (QED) is 0.666. The summed E-state index contributed by atoms with van der Waals surface area (Å²) in [6, 6.07) is -0.542. The lowest BCUT2D eigenvalue weighted by molar-refractivity contribution is -0.138. The van der Waals surface area contributed by atoms with Crippen LogP contribution in [0.15, 0.2) is 12.7 Å². The summed E-state index contributed by atoms with van der Waals surface area (Å²) in [5, 5.41) is 5.57. The van der Waals surface area contributed by atoms with Gasteiger partial charge in [-0.2, -0.15) is 0 Å². The smallest absolute Gasteiger partial charge is 0.240 e. The van der Waals surface area contributed by atoms with Gasteiger partial charge in [-0.25, -0.2) is 4.39 Å². The maximum Gasteiger partial charge on any atom is 0.240 e. The topological polar surface area (TPSA) is 61.4 Å². The van der Waals surface area contributed by atoms with Crippen molar-refractivity contribution in [3.63, 3.8) is 0 Å². The van der Waals surface area contributed by atoms with E-state index in [1.807, 2.05) is 0 Å². The van der Waals surface area contributed by atoms with Crippen LogP contribution < -0.4 is 10.6 Å². The van der Waals surface area contributed by atoms with Crippen LogP contribution in [0, 0.1) is 0 Å². The summed E-state index contributed by atoms with van der Waals surface area (Å²) in [5.74, 6) is -0.416. The minimum atomic E-state index is -0.554. The number of nitrogens with zero attached hydrogens (tertiary/aromatic N) is 1. The Kier molecular flexibility index (Phi) is 8.32. The number of hydrogen-bond donors (Lipinski definition) is 2. The molecule has 1 saturated heterocycles. The largest absolute Gasteiger partial charge is 0.353 e. The minimum Gasteiger partial charge on any atom is -0.353 e. The molecule has 1 aliphatic rings. The molecule has 2 N–H and O–H groups in total. The Morgan fingerprint density at radius 3 is 3.00 bits per heavy atom. The standard InChI is InChI=1S/C11H18FN3O2.ClH/c1-2-4-14-10(16)8-9-11(17)15(6-3-12)7-5-13-9;/h2,9,13H,1,3-8H2,(H,14,16);1H. The van der Waals surface area contributed by atoms with Crippen molar-refractivity contribution in [1.82, 2.24) is 15.5 Å². The first kappa shape index (κ1) is 16.9. The van der Waals surface area contributed by atoms with E-state index in [1.54, 1.807) is 6.08 Å². The lowest BCUT2D eigenvalue weighted by atomic mass is 10.1. The fraction of sp³-hybridized carbons (Fsp3) is 0.636. The van der Waals surface area contributed by atoms with Crippen LogP contribution in [-0.2, 0) is 9.59 Å². The number of piperazine rings is 1. The summed E-state index contributed by atoms with van der Waals surface area (Å²) < 4.78 is 12.2. The summed E-state index contributed by atoms with van der Waals surface area (Å²) >= 11 is 0. The molecule has 1 atom stereocenters. The number of carbonyl (C=O) groups excluding carboxylic acids is 2. The summed E-state index contributed by atoms with van der Waals surface area (Å²) in [6.45, 7) is 4.50. The van der Waals surface area contributed by atoms with Crippen LogP contribution in [-0.4, -0.2) is 55.6 Å². The molecule has 1 fully saturated rings. The van der Waals surface area contributed by atoms with Crippen molar-refractivity contribution >= 4 is 24.2 Å². The van der Waals surface area contributed by atoms with E-state index < -0.39 is 12.7 Å². The fourth-order valence-corrected chi connectivity index (χ4v) is 1.72. The van der Waals surface area contributed by atoms with E-state index in [-0.39, 0.29) is 37.2 Å². The summed E-state index contributed by atoms with van der Waals surface area (Å²) in [4.78, 5) is 24.7. The molecule has 0 aliphatic carbocycles. The summed E-state index contributed by atoms with van der Waals surface area (Å²) in [5.41, 5.74) is 0. The molecule has 0 radical (unpaired) electrons. The second kappa shape index (κ2) is 8.88. The Bertz CT molecular complexity index is 300. The number of hydrogen-bond acceptors (Lipinski definition) is 3. The average Bonchev–Trinajstić information content (AvgIpc) is 2.32. The van der Waals surface area contributed by atoms with Gasteiger partial charge in [0.05, 0.1) is 12.5 Å². The highest BCUT2D eigenvalue weighted by atomic mass is 35.5.